The third-order valence-corrected chi connectivity index (χ3v) is 3.40. The first-order chi connectivity index (χ1) is 8.52. The standard InChI is InChI=1S/C16H23NO/c1-6-17-16(10(2)3)15-9-13-12(5)7-11(4)8-14(13)18-15/h7-10,16-17H,6H2,1-5H3. The highest BCUT2D eigenvalue weighted by atomic mass is 16.3. The first-order valence-electron chi connectivity index (χ1n) is 6.77. The molecule has 1 aromatic heterocycles. The van der Waals surface area contributed by atoms with E-state index in [2.05, 4.69) is 58.1 Å². The first kappa shape index (κ1) is 13.2. The van der Waals surface area contributed by atoms with Crippen molar-refractivity contribution < 1.29 is 4.42 Å². The second-order valence-corrected chi connectivity index (χ2v) is 5.42. The third kappa shape index (κ3) is 2.44. The topological polar surface area (TPSA) is 25.2 Å². The molecule has 1 atom stereocenters. The minimum absolute atomic E-state index is 0.294. The van der Waals surface area contributed by atoms with Gasteiger partial charge >= 0.3 is 0 Å². The molecule has 0 bridgehead atoms. The number of hydrogen-bond acceptors (Lipinski definition) is 2. The third-order valence-electron chi connectivity index (χ3n) is 3.40. The van der Waals surface area contributed by atoms with Crippen molar-refractivity contribution in [2.45, 2.75) is 40.7 Å². The van der Waals surface area contributed by atoms with Gasteiger partial charge in [0.2, 0.25) is 0 Å². The summed E-state index contributed by atoms with van der Waals surface area (Å²) < 4.78 is 6.04. The Morgan fingerprint density at radius 3 is 2.50 bits per heavy atom. The predicted molar refractivity (Wildman–Crippen MR) is 76.9 cm³/mol. The maximum atomic E-state index is 6.04. The second-order valence-electron chi connectivity index (χ2n) is 5.42. The molecule has 1 N–H and O–H groups in total. The molecule has 2 heteroatoms. The highest BCUT2D eigenvalue weighted by Crippen LogP contribution is 2.30. The average Bonchev–Trinajstić information content (AvgIpc) is 2.68. The van der Waals surface area contributed by atoms with Crippen molar-refractivity contribution in [2.24, 2.45) is 5.92 Å². The number of furan rings is 1. The van der Waals surface area contributed by atoms with E-state index < -0.39 is 0 Å². The van der Waals surface area contributed by atoms with E-state index in [-0.39, 0.29) is 0 Å². The summed E-state index contributed by atoms with van der Waals surface area (Å²) in [7, 11) is 0. The minimum atomic E-state index is 0.294. The second kappa shape index (κ2) is 5.15. The lowest BCUT2D eigenvalue weighted by Crippen LogP contribution is -2.24. The van der Waals surface area contributed by atoms with Crippen LogP contribution in [0, 0.1) is 19.8 Å². The van der Waals surface area contributed by atoms with E-state index in [1.165, 1.54) is 16.5 Å². The molecule has 0 radical (unpaired) electrons. The Morgan fingerprint density at radius 2 is 1.89 bits per heavy atom. The zero-order chi connectivity index (χ0) is 13.3. The maximum absolute atomic E-state index is 6.04. The Labute approximate surface area is 109 Å². The van der Waals surface area contributed by atoms with E-state index in [1.807, 2.05) is 0 Å². The largest absolute Gasteiger partial charge is 0.459 e. The molecule has 0 aliphatic carbocycles. The lowest BCUT2D eigenvalue weighted by atomic mass is 10.0. The number of benzene rings is 1. The van der Waals surface area contributed by atoms with Gasteiger partial charge in [0.05, 0.1) is 6.04 Å². The van der Waals surface area contributed by atoms with Gasteiger partial charge < -0.3 is 9.73 Å². The zero-order valence-electron chi connectivity index (χ0n) is 12.0. The molecule has 0 aliphatic heterocycles. The summed E-state index contributed by atoms with van der Waals surface area (Å²) in [5.74, 6) is 1.57. The van der Waals surface area contributed by atoms with Crippen LogP contribution in [0.1, 0.15) is 43.7 Å². The Balaban J connectivity index is 2.48. The molecule has 1 unspecified atom stereocenters. The fourth-order valence-electron chi connectivity index (χ4n) is 2.55. The molecule has 0 spiro atoms. The minimum Gasteiger partial charge on any atom is -0.459 e. The maximum Gasteiger partial charge on any atom is 0.134 e. The summed E-state index contributed by atoms with van der Waals surface area (Å²) in [6.45, 7) is 11.8. The summed E-state index contributed by atoms with van der Waals surface area (Å²) in [6, 6.07) is 6.81. The van der Waals surface area contributed by atoms with Crippen LogP contribution in [0.5, 0.6) is 0 Å². The van der Waals surface area contributed by atoms with E-state index >= 15 is 0 Å². The van der Waals surface area contributed by atoms with E-state index in [1.54, 1.807) is 0 Å². The van der Waals surface area contributed by atoms with Gasteiger partial charge in [-0.15, -0.1) is 0 Å². The first-order valence-corrected chi connectivity index (χ1v) is 6.77. The van der Waals surface area contributed by atoms with Gasteiger partial charge in [0.25, 0.3) is 0 Å². The van der Waals surface area contributed by atoms with E-state index in [0.29, 0.717) is 12.0 Å². The monoisotopic (exact) mass is 245 g/mol. The molecule has 0 aliphatic rings. The molecule has 2 nitrogen and oxygen atoms in total. The Kier molecular flexibility index (Phi) is 3.76. The van der Waals surface area contributed by atoms with Crippen LogP contribution in [-0.4, -0.2) is 6.54 Å². The summed E-state index contributed by atoms with van der Waals surface area (Å²) >= 11 is 0. The van der Waals surface area contributed by atoms with Gasteiger partial charge in [0.15, 0.2) is 0 Å². The Bertz CT molecular complexity index is 539. The van der Waals surface area contributed by atoms with Crippen LogP contribution >= 0.6 is 0 Å². The van der Waals surface area contributed by atoms with Crippen LogP contribution in [0.2, 0.25) is 0 Å². The highest BCUT2D eigenvalue weighted by Gasteiger charge is 2.19. The molecule has 0 amide bonds. The normalized spacial score (nSPS) is 13.4. The molecule has 1 heterocycles. The molecule has 0 saturated heterocycles. The Morgan fingerprint density at radius 1 is 1.17 bits per heavy atom. The fourth-order valence-corrected chi connectivity index (χ4v) is 2.55. The average molecular weight is 245 g/mol. The van der Waals surface area contributed by atoms with Gasteiger partial charge in [-0.3, -0.25) is 0 Å². The molecule has 0 fully saturated rings. The van der Waals surface area contributed by atoms with Crippen molar-refractivity contribution in [2.75, 3.05) is 6.54 Å². The molecule has 1 aromatic carbocycles. The number of aryl methyl sites for hydroxylation is 2. The number of nitrogens with one attached hydrogen (secondary N) is 1. The summed E-state index contributed by atoms with van der Waals surface area (Å²) in [5.41, 5.74) is 3.55. The van der Waals surface area contributed by atoms with Gasteiger partial charge in [-0.05, 0) is 49.6 Å². The highest BCUT2D eigenvalue weighted by molar-refractivity contribution is 5.82. The molecule has 0 saturated carbocycles. The van der Waals surface area contributed by atoms with Gasteiger partial charge in [-0.2, -0.15) is 0 Å². The van der Waals surface area contributed by atoms with E-state index in [4.69, 9.17) is 4.42 Å². The number of fused-ring (bicyclic) bond motifs is 1. The SMILES string of the molecule is CCNC(c1cc2c(C)cc(C)cc2o1)C(C)C. The van der Waals surface area contributed by atoms with E-state index in [0.717, 1.165) is 17.9 Å². The fraction of sp³-hybridized carbons (Fsp3) is 0.500. The van der Waals surface area contributed by atoms with Gasteiger partial charge in [-0.25, -0.2) is 0 Å². The molecular weight excluding hydrogens is 222 g/mol. The zero-order valence-corrected chi connectivity index (χ0v) is 12.0. The van der Waals surface area contributed by atoms with Crippen molar-refractivity contribution in [1.82, 2.24) is 5.32 Å². The molecule has 18 heavy (non-hydrogen) atoms. The van der Waals surface area contributed by atoms with Crippen molar-refractivity contribution >= 4 is 11.0 Å². The van der Waals surface area contributed by atoms with Crippen molar-refractivity contribution in [3.05, 3.63) is 35.1 Å². The lowest BCUT2D eigenvalue weighted by Gasteiger charge is -2.18. The molecule has 2 rings (SSSR count). The number of rotatable bonds is 4. The van der Waals surface area contributed by atoms with E-state index in [9.17, 15) is 0 Å². The lowest BCUT2D eigenvalue weighted by molar-refractivity contribution is 0.357. The van der Waals surface area contributed by atoms with Crippen LogP contribution in [0.15, 0.2) is 22.6 Å². The van der Waals surface area contributed by atoms with Crippen LogP contribution in [0.3, 0.4) is 0 Å². The molecular formula is C16H23NO. The summed E-state index contributed by atoms with van der Waals surface area (Å²) in [5, 5.41) is 4.73. The Hall–Kier alpha value is -1.28. The predicted octanol–water partition coefficient (Wildman–Crippen LogP) is 4.36. The van der Waals surface area contributed by atoms with Crippen molar-refractivity contribution in [1.29, 1.82) is 0 Å². The van der Waals surface area contributed by atoms with Crippen LogP contribution in [0.4, 0.5) is 0 Å². The van der Waals surface area contributed by atoms with Crippen molar-refractivity contribution in [3.63, 3.8) is 0 Å². The summed E-state index contributed by atoms with van der Waals surface area (Å²) in [4.78, 5) is 0. The number of hydrogen-bond donors (Lipinski definition) is 1. The quantitative estimate of drug-likeness (QED) is 0.866. The van der Waals surface area contributed by atoms with Crippen LogP contribution in [0.25, 0.3) is 11.0 Å². The molecule has 98 valence electrons. The summed E-state index contributed by atoms with van der Waals surface area (Å²) in [6.07, 6.45) is 0. The van der Waals surface area contributed by atoms with Crippen LogP contribution < -0.4 is 5.32 Å². The smallest absolute Gasteiger partial charge is 0.134 e. The van der Waals surface area contributed by atoms with Gasteiger partial charge in [0.1, 0.15) is 11.3 Å². The van der Waals surface area contributed by atoms with Crippen LogP contribution in [-0.2, 0) is 0 Å². The van der Waals surface area contributed by atoms with Gasteiger partial charge in [0, 0.05) is 5.39 Å². The molecule has 2 aromatic rings. The van der Waals surface area contributed by atoms with Gasteiger partial charge in [-0.1, -0.05) is 26.8 Å². The van der Waals surface area contributed by atoms with Crippen molar-refractivity contribution in [3.8, 4) is 0 Å².